The lowest BCUT2D eigenvalue weighted by atomic mass is 10.3. The Morgan fingerprint density at radius 1 is 1.33 bits per heavy atom. The molecule has 112 valence electrons. The predicted molar refractivity (Wildman–Crippen MR) is 82.4 cm³/mol. The second-order valence-electron chi connectivity index (χ2n) is 5.09. The Morgan fingerprint density at radius 3 is 2.90 bits per heavy atom. The van der Waals surface area contributed by atoms with Crippen LogP contribution < -0.4 is 10.0 Å². The first-order valence-corrected chi connectivity index (χ1v) is 9.19. The first-order valence-electron chi connectivity index (χ1n) is 6.83. The van der Waals surface area contributed by atoms with E-state index < -0.39 is 10.0 Å². The van der Waals surface area contributed by atoms with Crippen LogP contribution in [0.1, 0.15) is 23.3 Å². The average Bonchev–Trinajstić information content (AvgIpc) is 3.20. The molecule has 0 radical (unpaired) electrons. The number of aromatic nitrogens is 1. The Balaban J connectivity index is 1.61. The van der Waals surface area contributed by atoms with Crippen molar-refractivity contribution < 1.29 is 8.42 Å². The topological polar surface area (TPSA) is 71.1 Å². The summed E-state index contributed by atoms with van der Waals surface area (Å²) < 4.78 is 27.0. The standard InChI is InChI=1S/C14H17N3O2S2/c18-21(19,17-8-11-2-1-5-15-7-11)14-6-13(20-10-14)9-16-12-3-4-12/h1-2,5-7,10,12,16-17H,3-4,8-9H2. The van der Waals surface area contributed by atoms with E-state index in [2.05, 4.69) is 15.0 Å². The van der Waals surface area contributed by atoms with E-state index in [1.165, 1.54) is 24.2 Å². The molecule has 0 spiro atoms. The lowest BCUT2D eigenvalue weighted by Crippen LogP contribution is -2.22. The molecule has 2 aromatic heterocycles. The van der Waals surface area contributed by atoms with Crippen LogP contribution in [0.4, 0.5) is 0 Å². The van der Waals surface area contributed by atoms with Gasteiger partial charge >= 0.3 is 0 Å². The van der Waals surface area contributed by atoms with Crippen LogP contribution in [-0.2, 0) is 23.1 Å². The normalized spacial score (nSPS) is 15.2. The van der Waals surface area contributed by atoms with Crippen LogP contribution in [0.25, 0.3) is 0 Å². The zero-order valence-corrected chi connectivity index (χ0v) is 13.1. The first-order chi connectivity index (χ1) is 10.1. The van der Waals surface area contributed by atoms with Gasteiger partial charge in [-0.05, 0) is 30.5 Å². The van der Waals surface area contributed by atoms with Crippen LogP contribution in [0.15, 0.2) is 40.9 Å². The summed E-state index contributed by atoms with van der Waals surface area (Å²) in [6, 6.07) is 5.99. The number of thiophene rings is 1. The van der Waals surface area contributed by atoms with Crippen molar-refractivity contribution in [2.45, 2.75) is 36.9 Å². The highest BCUT2D eigenvalue weighted by atomic mass is 32.2. The Labute approximate surface area is 128 Å². The van der Waals surface area contributed by atoms with Crippen LogP contribution >= 0.6 is 11.3 Å². The van der Waals surface area contributed by atoms with Crippen molar-refractivity contribution >= 4 is 21.4 Å². The van der Waals surface area contributed by atoms with E-state index >= 15 is 0 Å². The lowest BCUT2D eigenvalue weighted by molar-refractivity contribution is 0.581. The molecule has 2 heterocycles. The van der Waals surface area contributed by atoms with Crippen LogP contribution in [0.3, 0.4) is 0 Å². The number of nitrogens with one attached hydrogen (secondary N) is 2. The van der Waals surface area contributed by atoms with Crippen LogP contribution in [0, 0.1) is 0 Å². The summed E-state index contributed by atoms with van der Waals surface area (Å²) in [4.78, 5) is 5.35. The molecule has 1 aliphatic rings. The van der Waals surface area contributed by atoms with Gasteiger partial charge in [-0.15, -0.1) is 11.3 Å². The SMILES string of the molecule is O=S(=O)(NCc1cccnc1)c1csc(CNC2CC2)c1. The van der Waals surface area contributed by atoms with Gasteiger partial charge in [-0.1, -0.05) is 6.07 Å². The summed E-state index contributed by atoms with van der Waals surface area (Å²) in [5, 5.41) is 5.07. The predicted octanol–water partition coefficient (Wildman–Crippen LogP) is 1.87. The van der Waals surface area contributed by atoms with Crippen molar-refractivity contribution in [2.24, 2.45) is 0 Å². The molecular formula is C14H17N3O2S2. The molecule has 1 saturated carbocycles. The number of hydrogen-bond acceptors (Lipinski definition) is 5. The highest BCUT2D eigenvalue weighted by molar-refractivity contribution is 7.89. The van der Waals surface area contributed by atoms with Gasteiger partial charge in [0.05, 0.1) is 4.90 Å². The maximum Gasteiger partial charge on any atom is 0.241 e. The quantitative estimate of drug-likeness (QED) is 0.816. The monoisotopic (exact) mass is 323 g/mol. The fourth-order valence-corrected chi connectivity index (χ4v) is 4.13. The maximum atomic E-state index is 12.2. The van der Waals surface area contributed by atoms with Crippen molar-refractivity contribution in [1.82, 2.24) is 15.0 Å². The Morgan fingerprint density at radius 2 is 2.19 bits per heavy atom. The summed E-state index contributed by atoms with van der Waals surface area (Å²) in [5.74, 6) is 0. The van der Waals surface area contributed by atoms with Gasteiger partial charge < -0.3 is 5.32 Å². The molecular weight excluding hydrogens is 306 g/mol. The lowest BCUT2D eigenvalue weighted by Gasteiger charge is -2.04. The van der Waals surface area contributed by atoms with Gasteiger partial charge in [0, 0.05) is 41.8 Å². The van der Waals surface area contributed by atoms with E-state index in [4.69, 9.17) is 0 Å². The van der Waals surface area contributed by atoms with Crippen LogP contribution in [-0.4, -0.2) is 19.4 Å². The van der Waals surface area contributed by atoms with E-state index in [0.717, 1.165) is 17.0 Å². The third-order valence-electron chi connectivity index (χ3n) is 3.27. The molecule has 0 amide bonds. The molecule has 2 N–H and O–H groups in total. The average molecular weight is 323 g/mol. The zero-order valence-electron chi connectivity index (χ0n) is 11.5. The minimum atomic E-state index is -3.46. The Bertz CT molecular complexity index is 694. The van der Waals surface area contributed by atoms with Gasteiger partial charge in [-0.2, -0.15) is 0 Å². The van der Waals surface area contributed by atoms with Crippen molar-refractivity contribution in [3.05, 3.63) is 46.4 Å². The van der Waals surface area contributed by atoms with Gasteiger partial charge in [0.2, 0.25) is 10.0 Å². The number of rotatable bonds is 7. The van der Waals surface area contributed by atoms with Gasteiger partial charge in [0.15, 0.2) is 0 Å². The van der Waals surface area contributed by atoms with E-state index in [1.54, 1.807) is 29.9 Å². The van der Waals surface area contributed by atoms with Gasteiger partial charge in [0.1, 0.15) is 0 Å². The number of pyridine rings is 1. The van der Waals surface area contributed by atoms with Crippen molar-refractivity contribution in [3.63, 3.8) is 0 Å². The molecule has 0 unspecified atom stereocenters. The first kappa shape index (κ1) is 14.6. The summed E-state index contributed by atoms with van der Waals surface area (Å²) in [6.45, 7) is 0.995. The molecule has 1 fully saturated rings. The zero-order chi connectivity index (χ0) is 14.7. The molecule has 3 rings (SSSR count). The third-order valence-corrected chi connectivity index (χ3v) is 5.74. The molecule has 21 heavy (non-hydrogen) atoms. The molecule has 0 bridgehead atoms. The molecule has 2 aromatic rings. The molecule has 7 heteroatoms. The van der Waals surface area contributed by atoms with E-state index in [-0.39, 0.29) is 6.54 Å². The maximum absolute atomic E-state index is 12.2. The van der Waals surface area contributed by atoms with E-state index in [9.17, 15) is 8.42 Å². The van der Waals surface area contributed by atoms with Gasteiger partial charge in [-0.3, -0.25) is 4.98 Å². The van der Waals surface area contributed by atoms with Crippen molar-refractivity contribution in [1.29, 1.82) is 0 Å². The summed E-state index contributed by atoms with van der Waals surface area (Å²) in [7, 11) is -3.46. The van der Waals surface area contributed by atoms with Crippen LogP contribution in [0.5, 0.6) is 0 Å². The number of sulfonamides is 1. The van der Waals surface area contributed by atoms with Gasteiger partial charge in [-0.25, -0.2) is 13.1 Å². The number of hydrogen-bond donors (Lipinski definition) is 2. The Kier molecular flexibility index (Phi) is 4.34. The molecule has 0 aliphatic heterocycles. The molecule has 1 aliphatic carbocycles. The fraction of sp³-hybridized carbons (Fsp3) is 0.357. The summed E-state index contributed by atoms with van der Waals surface area (Å²) in [5.41, 5.74) is 0.840. The minimum Gasteiger partial charge on any atom is -0.309 e. The minimum absolute atomic E-state index is 0.252. The van der Waals surface area contributed by atoms with E-state index in [0.29, 0.717) is 10.9 Å². The smallest absolute Gasteiger partial charge is 0.241 e. The van der Waals surface area contributed by atoms with Crippen LogP contribution in [0.2, 0.25) is 0 Å². The Hall–Kier alpha value is -1.28. The second kappa shape index (κ2) is 6.23. The highest BCUT2D eigenvalue weighted by Crippen LogP contribution is 2.23. The summed E-state index contributed by atoms with van der Waals surface area (Å²) >= 11 is 1.47. The number of nitrogens with zero attached hydrogens (tertiary/aromatic N) is 1. The third kappa shape index (κ3) is 4.10. The second-order valence-corrected chi connectivity index (χ2v) is 7.85. The molecule has 0 atom stereocenters. The molecule has 5 nitrogen and oxygen atoms in total. The summed E-state index contributed by atoms with van der Waals surface area (Å²) in [6.07, 6.45) is 5.77. The largest absolute Gasteiger partial charge is 0.309 e. The van der Waals surface area contributed by atoms with Gasteiger partial charge in [0.25, 0.3) is 0 Å². The fourth-order valence-electron chi connectivity index (χ4n) is 1.89. The molecule has 0 aromatic carbocycles. The van der Waals surface area contributed by atoms with E-state index in [1.807, 2.05) is 6.07 Å². The van der Waals surface area contributed by atoms with Crippen molar-refractivity contribution in [3.8, 4) is 0 Å². The van der Waals surface area contributed by atoms with Crippen molar-refractivity contribution in [2.75, 3.05) is 0 Å². The molecule has 0 saturated heterocycles. The highest BCUT2D eigenvalue weighted by Gasteiger charge is 2.21.